The number of piperidine rings is 1. The molecular weight excluding hydrogens is 268 g/mol. The zero-order valence-electron chi connectivity index (χ0n) is 12.0. The fourth-order valence-electron chi connectivity index (χ4n) is 3.64. The van der Waals surface area contributed by atoms with Crippen LogP contribution in [0.4, 0.5) is 0 Å². The predicted octanol–water partition coefficient (Wildman–Crippen LogP) is 2.58. The molecule has 1 aliphatic heterocycles. The Morgan fingerprint density at radius 3 is 2.29 bits per heavy atom. The second-order valence-electron chi connectivity index (χ2n) is 6.21. The molecule has 21 heavy (non-hydrogen) atoms. The predicted molar refractivity (Wildman–Crippen MR) is 77.2 cm³/mol. The van der Waals surface area contributed by atoms with Crippen molar-refractivity contribution in [1.82, 2.24) is 9.88 Å². The van der Waals surface area contributed by atoms with Gasteiger partial charge < -0.3 is 10.0 Å². The molecule has 0 unspecified atom stereocenters. The van der Waals surface area contributed by atoms with E-state index in [2.05, 4.69) is 4.98 Å². The van der Waals surface area contributed by atoms with Crippen molar-refractivity contribution in [3.05, 3.63) is 29.6 Å². The quantitative estimate of drug-likeness (QED) is 0.908. The fourth-order valence-corrected chi connectivity index (χ4v) is 3.64. The summed E-state index contributed by atoms with van der Waals surface area (Å²) in [5, 5.41) is 8.95. The zero-order valence-corrected chi connectivity index (χ0v) is 12.0. The van der Waals surface area contributed by atoms with Crippen LogP contribution in [0.3, 0.4) is 0 Å². The van der Waals surface area contributed by atoms with Crippen molar-refractivity contribution >= 4 is 11.9 Å². The van der Waals surface area contributed by atoms with Gasteiger partial charge in [-0.1, -0.05) is 18.9 Å². The molecule has 5 heteroatoms. The Morgan fingerprint density at radius 2 is 1.67 bits per heavy atom. The average Bonchev–Trinajstić information content (AvgIpc) is 2.96. The number of carboxylic acids is 1. The molecule has 5 nitrogen and oxygen atoms in total. The van der Waals surface area contributed by atoms with Gasteiger partial charge in [-0.3, -0.25) is 4.79 Å². The molecule has 0 aromatic carbocycles. The van der Waals surface area contributed by atoms with Crippen LogP contribution in [0.25, 0.3) is 0 Å². The summed E-state index contributed by atoms with van der Waals surface area (Å²) >= 11 is 0. The van der Waals surface area contributed by atoms with E-state index in [4.69, 9.17) is 5.11 Å². The lowest BCUT2D eigenvalue weighted by atomic mass is 9.77. The van der Waals surface area contributed by atoms with Crippen LogP contribution in [0.1, 0.15) is 59.5 Å². The van der Waals surface area contributed by atoms with E-state index >= 15 is 0 Å². The summed E-state index contributed by atoms with van der Waals surface area (Å²) in [6.45, 7) is 1.52. The highest BCUT2D eigenvalue weighted by molar-refractivity contribution is 5.94. The number of carboxylic acid groups (broad SMARTS) is 1. The van der Waals surface area contributed by atoms with E-state index in [1.54, 1.807) is 12.1 Å². The van der Waals surface area contributed by atoms with Crippen LogP contribution in [0.2, 0.25) is 0 Å². The second kappa shape index (κ2) is 5.47. The van der Waals surface area contributed by atoms with Crippen molar-refractivity contribution < 1.29 is 14.7 Å². The van der Waals surface area contributed by atoms with E-state index in [-0.39, 0.29) is 17.3 Å². The first-order valence-electron chi connectivity index (χ1n) is 7.59. The maximum absolute atomic E-state index is 12.4. The first kappa shape index (κ1) is 14.0. The van der Waals surface area contributed by atoms with Crippen molar-refractivity contribution in [2.75, 3.05) is 13.1 Å². The Labute approximate surface area is 124 Å². The summed E-state index contributed by atoms with van der Waals surface area (Å²) in [5.74, 6) is -1.25. The lowest BCUT2D eigenvalue weighted by Gasteiger charge is -2.39. The van der Waals surface area contributed by atoms with Gasteiger partial charge >= 0.3 is 5.97 Å². The fraction of sp³-hybridized carbons (Fsp3) is 0.562. The van der Waals surface area contributed by atoms with Gasteiger partial charge in [-0.2, -0.15) is 0 Å². The van der Waals surface area contributed by atoms with E-state index in [0.717, 1.165) is 25.9 Å². The molecule has 1 aliphatic carbocycles. The summed E-state index contributed by atoms with van der Waals surface area (Å²) in [6, 6.07) is 4.57. The first-order valence-corrected chi connectivity index (χ1v) is 7.59. The van der Waals surface area contributed by atoms with Crippen LogP contribution in [0, 0.1) is 5.41 Å². The number of likely N-dealkylation sites (tertiary alicyclic amines) is 1. The van der Waals surface area contributed by atoms with Gasteiger partial charge in [0.1, 0.15) is 11.4 Å². The molecule has 0 atom stereocenters. The minimum absolute atomic E-state index is 0.0786. The molecule has 0 radical (unpaired) electrons. The van der Waals surface area contributed by atoms with Gasteiger partial charge in [-0.05, 0) is 43.2 Å². The van der Waals surface area contributed by atoms with Crippen molar-refractivity contribution in [2.24, 2.45) is 5.41 Å². The zero-order chi connectivity index (χ0) is 14.9. The minimum atomic E-state index is -1.10. The van der Waals surface area contributed by atoms with Crippen LogP contribution in [0.5, 0.6) is 0 Å². The molecule has 1 saturated heterocycles. The van der Waals surface area contributed by atoms with Gasteiger partial charge in [0.15, 0.2) is 0 Å². The van der Waals surface area contributed by atoms with Crippen molar-refractivity contribution in [2.45, 2.75) is 38.5 Å². The number of rotatable bonds is 2. The number of hydrogen-bond donors (Lipinski definition) is 1. The summed E-state index contributed by atoms with van der Waals surface area (Å²) in [6.07, 6.45) is 7.35. The highest BCUT2D eigenvalue weighted by atomic mass is 16.4. The van der Waals surface area contributed by atoms with E-state index in [0.29, 0.717) is 5.41 Å². The first-order chi connectivity index (χ1) is 10.1. The van der Waals surface area contributed by atoms with Gasteiger partial charge in [0.05, 0.1) is 0 Å². The molecule has 1 aromatic rings. The SMILES string of the molecule is O=C(O)c1cccc(C(=O)N2CCC3(CCCC3)CC2)n1. The number of hydrogen-bond acceptors (Lipinski definition) is 3. The molecule has 1 spiro atoms. The Bertz CT molecular complexity index is 554. The lowest BCUT2D eigenvalue weighted by molar-refractivity contribution is 0.0581. The number of amides is 1. The van der Waals surface area contributed by atoms with Crippen molar-refractivity contribution in [1.29, 1.82) is 0 Å². The van der Waals surface area contributed by atoms with E-state index in [1.165, 1.54) is 31.7 Å². The number of aromatic carboxylic acids is 1. The van der Waals surface area contributed by atoms with Gasteiger partial charge in [0, 0.05) is 13.1 Å². The molecule has 2 fully saturated rings. The molecule has 0 bridgehead atoms. The van der Waals surface area contributed by atoms with E-state index < -0.39 is 5.97 Å². The largest absolute Gasteiger partial charge is 0.477 e. The summed E-state index contributed by atoms with van der Waals surface area (Å²) < 4.78 is 0. The Kier molecular flexibility index (Phi) is 3.66. The molecule has 1 saturated carbocycles. The highest BCUT2D eigenvalue weighted by Gasteiger charge is 2.38. The topological polar surface area (TPSA) is 70.5 Å². The third-order valence-corrected chi connectivity index (χ3v) is 4.96. The number of pyridine rings is 1. The smallest absolute Gasteiger partial charge is 0.354 e. The summed E-state index contributed by atoms with van der Waals surface area (Å²) in [4.78, 5) is 29.1. The standard InChI is InChI=1S/C16H20N2O3/c19-14(12-4-3-5-13(17-12)15(20)21)18-10-8-16(9-11-18)6-1-2-7-16/h3-5H,1-2,6-11H2,(H,20,21). The maximum Gasteiger partial charge on any atom is 0.354 e. The van der Waals surface area contributed by atoms with E-state index in [1.807, 2.05) is 4.90 Å². The van der Waals surface area contributed by atoms with Gasteiger partial charge in [0.25, 0.3) is 5.91 Å². The molecule has 1 N–H and O–H groups in total. The van der Waals surface area contributed by atoms with Gasteiger partial charge in [-0.15, -0.1) is 0 Å². The lowest BCUT2D eigenvalue weighted by Crippen LogP contribution is -2.42. The number of carbonyl (C=O) groups is 2. The Hall–Kier alpha value is -1.91. The van der Waals surface area contributed by atoms with Gasteiger partial charge in [-0.25, -0.2) is 9.78 Å². The van der Waals surface area contributed by atoms with Crippen LogP contribution in [-0.4, -0.2) is 40.0 Å². The van der Waals surface area contributed by atoms with Crippen molar-refractivity contribution in [3.63, 3.8) is 0 Å². The third-order valence-electron chi connectivity index (χ3n) is 4.96. The second-order valence-corrected chi connectivity index (χ2v) is 6.21. The molecule has 1 amide bonds. The maximum atomic E-state index is 12.4. The van der Waals surface area contributed by atoms with Crippen molar-refractivity contribution in [3.8, 4) is 0 Å². The monoisotopic (exact) mass is 288 g/mol. The Morgan fingerprint density at radius 1 is 1.05 bits per heavy atom. The number of aromatic nitrogens is 1. The number of carbonyl (C=O) groups excluding carboxylic acids is 1. The van der Waals surface area contributed by atoms with Gasteiger partial charge in [0.2, 0.25) is 0 Å². The van der Waals surface area contributed by atoms with Crippen LogP contribution in [-0.2, 0) is 0 Å². The Balaban J connectivity index is 1.69. The summed E-state index contributed by atoms with van der Waals surface area (Å²) in [7, 11) is 0. The third kappa shape index (κ3) is 2.77. The van der Waals surface area contributed by atoms with E-state index in [9.17, 15) is 9.59 Å². The van der Waals surface area contributed by atoms with Crippen LogP contribution < -0.4 is 0 Å². The van der Waals surface area contributed by atoms with Crippen LogP contribution in [0.15, 0.2) is 18.2 Å². The molecule has 2 heterocycles. The summed E-state index contributed by atoms with van der Waals surface area (Å²) in [5.41, 5.74) is 0.620. The molecule has 2 aliphatic rings. The molecule has 1 aromatic heterocycles. The molecule has 112 valence electrons. The molecule has 3 rings (SSSR count). The highest BCUT2D eigenvalue weighted by Crippen LogP contribution is 2.46. The number of nitrogens with zero attached hydrogens (tertiary/aromatic N) is 2. The molecular formula is C16H20N2O3. The minimum Gasteiger partial charge on any atom is -0.477 e. The van der Waals surface area contributed by atoms with Crippen LogP contribution >= 0.6 is 0 Å². The average molecular weight is 288 g/mol. The normalized spacial score (nSPS) is 20.7.